The van der Waals surface area contributed by atoms with Crippen LogP contribution < -0.4 is 11.1 Å². The molecule has 0 bridgehead atoms. The van der Waals surface area contributed by atoms with Crippen LogP contribution in [0.3, 0.4) is 0 Å². The molecule has 6 heteroatoms. The number of fused-ring (bicyclic) bond motifs is 1. The monoisotopic (exact) mass is 390 g/mol. The van der Waals surface area contributed by atoms with Crippen molar-refractivity contribution in [3.05, 3.63) is 74.7 Å². The van der Waals surface area contributed by atoms with Gasteiger partial charge in [0.2, 0.25) is 5.56 Å². The van der Waals surface area contributed by atoms with Gasteiger partial charge in [0.25, 0.3) is 5.56 Å². The predicted molar refractivity (Wildman–Crippen MR) is 113 cm³/mol. The zero-order chi connectivity index (χ0) is 20.0. The van der Waals surface area contributed by atoms with Crippen LogP contribution in [0, 0.1) is 5.92 Å². The van der Waals surface area contributed by atoms with Crippen molar-refractivity contribution in [3.63, 3.8) is 0 Å². The largest absolute Gasteiger partial charge is 0.318 e. The number of likely N-dealkylation sites (tertiary alicyclic amines) is 1. The van der Waals surface area contributed by atoms with Gasteiger partial charge in [-0.1, -0.05) is 18.2 Å². The Hall–Kier alpha value is -2.73. The van der Waals surface area contributed by atoms with Crippen molar-refractivity contribution in [2.75, 3.05) is 6.54 Å². The van der Waals surface area contributed by atoms with Gasteiger partial charge in [-0.25, -0.2) is 4.98 Å². The minimum atomic E-state index is 0.00110. The van der Waals surface area contributed by atoms with E-state index in [1.54, 1.807) is 17.7 Å². The van der Waals surface area contributed by atoms with Crippen LogP contribution >= 0.6 is 0 Å². The Morgan fingerprint density at radius 2 is 1.90 bits per heavy atom. The van der Waals surface area contributed by atoms with Gasteiger partial charge in [0.05, 0.1) is 16.9 Å². The molecule has 1 saturated heterocycles. The molecule has 1 aromatic carbocycles. The first-order valence-electron chi connectivity index (χ1n) is 10.5. The second-order valence-electron chi connectivity index (χ2n) is 8.46. The second-order valence-corrected chi connectivity index (χ2v) is 8.46. The fraction of sp³-hybridized carbons (Fsp3) is 0.435. The smallest absolute Gasteiger partial charge is 0.261 e. The Bertz CT molecular complexity index is 1180. The molecule has 29 heavy (non-hydrogen) atoms. The van der Waals surface area contributed by atoms with Crippen LogP contribution in [0.2, 0.25) is 0 Å². The molecule has 6 nitrogen and oxygen atoms in total. The molecule has 1 unspecified atom stereocenters. The number of benzene rings is 1. The lowest BCUT2D eigenvalue weighted by Crippen LogP contribution is -2.32. The van der Waals surface area contributed by atoms with Crippen LogP contribution in [0.25, 0.3) is 10.9 Å². The number of aryl methyl sites for hydroxylation is 1. The molecule has 0 amide bonds. The van der Waals surface area contributed by atoms with Gasteiger partial charge < -0.3 is 4.57 Å². The van der Waals surface area contributed by atoms with E-state index in [4.69, 9.17) is 4.98 Å². The highest BCUT2D eigenvalue weighted by molar-refractivity contribution is 5.77. The van der Waals surface area contributed by atoms with Crippen molar-refractivity contribution in [1.29, 1.82) is 0 Å². The summed E-state index contributed by atoms with van der Waals surface area (Å²) in [4.78, 5) is 32.4. The minimum Gasteiger partial charge on any atom is -0.318 e. The molecule has 0 radical (unpaired) electrons. The van der Waals surface area contributed by atoms with Gasteiger partial charge in [-0.05, 0) is 55.8 Å². The number of rotatable bonds is 5. The normalized spacial score (nSPS) is 19.8. The molecule has 0 spiro atoms. The summed E-state index contributed by atoms with van der Waals surface area (Å²) in [5.41, 5.74) is 1.98. The van der Waals surface area contributed by atoms with Crippen molar-refractivity contribution in [2.24, 2.45) is 13.0 Å². The molecule has 1 aliphatic heterocycles. The molecule has 150 valence electrons. The standard InChI is InChI=1S/C23H26N4O2/c1-25-13-17(10-11-21(25)28)14-26-12-4-7-20(26)22-24-19-6-3-2-5-18(19)23(29)27(22)15-16-8-9-16/h2-3,5-6,10-11,13,16,20H,4,7-9,12,14-15H2,1H3. The van der Waals surface area contributed by atoms with E-state index in [0.717, 1.165) is 49.4 Å². The van der Waals surface area contributed by atoms with Gasteiger partial charge in [0, 0.05) is 32.4 Å². The van der Waals surface area contributed by atoms with Crippen LogP contribution in [-0.4, -0.2) is 25.6 Å². The minimum absolute atomic E-state index is 0.00110. The lowest BCUT2D eigenvalue weighted by molar-refractivity contribution is 0.231. The van der Waals surface area contributed by atoms with E-state index in [2.05, 4.69) is 4.90 Å². The number of aromatic nitrogens is 3. The molecule has 2 aromatic heterocycles. The van der Waals surface area contributed by atoms with Crippen molar-refractivity contribution < 1.29 is 0 Å². The van der Waals surface area contributed by atoms with Crippen LogP contribution in [-0.2, 0) is 20.1 Å². The van der Waals surface area contributed by atoms with E-state index >= 15 is 0 Å². The summed E-state index contributed by atoms with van der Waals surface area (Å²) in [6, 6.07) is 11.3. The van der Waals surface area contributed by atoms with Gasteiger partial charge in [0.1, 0.15) is 5.82 Å². The van der Waals surface area contributed by atoms with E-state index in [9.17, 15) is 9.59 Å². The van der Waals surface area contributed by atoms with Crippen LogP contribution in [0.15, 0.2) is 52.2 Å². The first kappa shape index (κ1) is 18.3. The molecule has 0 N–H and O–H groups in total. The van der Waals surface area contributed by atoms with Crippen molar-refractivity contribution in [2.45, 2.75) is 44.8 Å². The van der Waals surface area contributed by atoms with Crippen molar-refractivity contribution >= 4 is 10.9 Å². The molecule has 1 aliphatic carbocycles. The Morgan fingerprint density at radius 3 is 2.69 bits per heavy atom. The third kappa shape index (κ3) is 3.53. The third-order valence-electron chi connectivity index (χ3n) is 6.22. The Balaban J connectivity index is 1.54. The van der Waals surface area contributed by atoms with Gasteiger partial charge in [0.15, 0.2) is 0 Å². The number of nitrogens with zero attached hydrogens (tertiary/aromatic N) is 4. The number of pyridine rings is 1. The average Bonchev–Trinajstić information content (AvgIpc) is 3.43. The summed E-state index contributed by atoms with van der Waals surface area (Å²) in [5, 5.41) is 0.708. The first-order chi connectivity index (χ1) is 14.1. The zero-order valence-corrected chi connectivity index (χ0v) is 16.8. The van der Waals surface area contributed by atoms with E-state index in [-0.39, 0.29) is 17.2 Å². The summed E-state index contributed by atoms with van der Waals surface area (Å²) < 4.78 is 3.57. The summed E-state index contributed by atoms with van der Waals surface area (Å²) in [7, 11) is 1.78. The second kappa shape index (κ2) is 7.26. The highest BCUT2D eigenvalue weighted by Gasteiger charge is 2.32. The summed E-state index contributed by atoms with van der Waals surface area (Å²) in [6.45, 7) is 2.50. The fourth-order valence-electron chi connectivity index (χ4n) is 4.46. The molecular formula is C23H26N4O2. The van der Waals surface area contributed by atoms with Gasteiger partial charge in [-0.2, -0.15) is 0 Å². The molecule has 2 fully saturated rings. The highest BCUT2D eigenvalue weighted by atomic mass is 16.1. The quantitative estimate of drug-likeness (QED) is 0.672. The van der Waals surface area contributed by atoms with Crippen molar-refractivity contribution in [3.8, 4) is 0 Å². The molecule has 3 heterocycles. The molecule has 1 atom stereocenters. The van der Waals surface area contributed by atoms with Crippen molar-refractivity contribution in [1.82, 2.24) is 19.0 Å². The SMILES string of the molecule is Cn1cc(CN2CCCC2c2nc3ccccc3c(=O)n2CC2CC2)ccc1=O. The first-order valence-corrected chi connectivity index (χ1v) is 10.5. The number of para-hydroxylation sites is 1. The van der Waals surface area contributed by atoms with E-state index in [0.29, 0.717) is 11.3 Å². The molecule has 2 aliphatic rings. The summed E-state index contributed by atoms with van der Waals surface area (Å²) >= 11 is 0. The van der Waals surface area contributed by atoms with E-state index in [1.165, 1.54) is 12.8 Å². The van der Waals surface area contributed by atoms with Crippen LogP contribution in [0.4, 0.5) is 0 Å². The number of hydrogen-bond acceptors (Lipinski definition) is 4. The molecule has 3 aromatic rings. The topological polar surface area (TPSA) is 60.1 Å². The summed E-state index contributed by atoms with van der Waals surface area (Å²) in [6.07, 6.45) is 6.39. The van der Waals surface area contributed by atoms with E-state index < -0.39 is 0 Å². The third-order valence-corrected chi connectivity index (χ3v) is 6.22. The Labute approximate surface area is 169 Å². The fourth-order valence-corrected chi connectivity index (χ4v) is 4.46. The lowest BCUT2D eigenvalue weighted by Gasteiger charge is -2.27. The maximum Gasteiger partial charge on any atom is 0.261 e. The molecule has 5 rings (SSSR count). The lowest BCUT2D eigenvalue weighted by atomic mass is 10.1. The van der Waals surface area contributed by atoms with Crippen LogP contribution in [0.5, 0.6) is 0 Å². The average molecular weight is 390 g/mol. The van der Waals surface area contributed by atoms with E-state index in [1.807, 2.05) is 41.1 Å². The van der Waals surface area contributed by atoms with Gasteiger partial charge in [-0.15, -0.1) is 0 Å². The highest BCUT2D eigenvalue weighted by Crippen LogP contribution is 2.35. The number of hydrogen-bond donors (Lipinski definition) is 0. The van der Waals surface area contributed by atoms with Gasteiger partial charge in [-0.3, -0.25) is 19.1 Å². The Kier molecular flexibility index (Phi) is 4.59. The summed E-state index contributed by atoms with van der Waals surface area (Å²) in [5.74, 6) is 1.51. The van der Waals surface area contributed by atoms with Crippen LogP contribution in [0.1, 0.15) is 43.1 Å². The molecular weight excluding hydrogens is 364 g/mol. The molecule has 1 saturated carbocycles. The Morgan fingerprint density at radius 1 is 1.07 bits per heavy atom. The van der Waals surface area contributed by atoms with Gasteiger partial charge >= 0.3 is 0 Å². The predicted octanol–water partition coefficient (Wildman–Crippen LogP) is 2.84. The maximum absolute atomic E-state index is 13.3. The zero-order valence-electron chi connectivity index (χ0n) is 16.8. The maximum atomic E-state index is 13.3.